The van der Waals surface area contributed by atoms with Gasteiger partial charge in [-0.1, -0.05) is 13.8 Å². The van der Waals surface area contributed by atoms with Crippen LogP contribution in [0.5, 0.6) is 0 Å². The Morgan fingerprint density at radius 2 is 2.17 bits per heavy atom. The minimum atomic E-state index is 0.662. The average molecular weight is 85.1 g/mol. The Labute approximate surface area is 39.7 Å². The largest absolute Gasteiger partial charge is 0.311 e. The quantitative estimate of drug-likeness (QED) is 0.491. The maximum atomic E-state index is 4.98. The molecule has 0 aromatic heterocycles. The molecule has 0 aliphatic carbocycles. The number of hydrogen-bond acceptors (Lipinski definition) is 1. The van der Waals surface area contributed by atoms with Crippen molar-refractivity contribution >= 4 is 0 Å². The van der Waals surface area contributed by atoms with E-state index in [1.807, 2.05) is 0 Å². The molecule has 1 heteroatoms. The van der Waals surface area contributed by atoms with Crippen LogP contribution in [-0.2, 0) is 0 Å². The van der Waals surface area contributed by atoms with Crippen LogP contribution < -0.4 is 5.32 Å². The molecule has 0 fully saturated rings. The molecule has 6 heavy (non-hydrogen) atoms. The van der Waals surface area contributed by atoms with Crippen LogP contribution in [0.1, 0.15) is 13.8 Å². The molecule has 0 aliphatic rings. The monoisotopic (exact) mass is 85.1 g/mol. The fourth-order valence-electron chi connectivity index (χ4n) is 0.236. The Morgan fingerprint density at radius 1 is 1.67 bits per heavy atom. The molecule has 1 N–H and O–H groups in total. The van der Waals surface area contributed by atoms with Gasteiger partial charge < -0.3 is 5.32 Å². The van der Waals surface area contributed by atoms with E-state index < -0.39 is 0 Å². The van der Waals surface area contributed by atoms with E-state index in [-0.39, 0.29) is 0 Å². The van der Waals surface area contributed by atoms with Gasteiger partial charge >= 0.3 is 0 Å². The number of nitrogens with one attached hydrogen (secondary N) is 1. The van der Waals surface area contributed by atoms with Crippen molar-refractivity contribution in [3.63, 3.8) is 0 Å². The van der Waals surface area contributed by atoms with Crippen molar-refractivity contribution in [1.29, 1.82) is 0 Å². The van der Waals surface area contributed by atoms with E-state index in [2.05, 4.69) is 19.2 Å². The first-order valence-corrected chi connectivity index (χ1v) is 2.21. The van der Waals surface area contributed by atoms with Gasteiger partial charge in [0.15, 0.2) is 0 Å². The standard InChI is InChI=1S/C5H11N/c1-5(2)4-6-3/h3,5-6H,4H2,1-2H3. The van der Waals surface area contributed by atoms with Crippen molar-refractivity contribution in [2.24, 2.45) is 5.92 Å². The molecule has 0 saturated heterocycles. The van der Waals surface area contributed by atoms with Gasteiger partial charge in [-0.25, -0.2) is 0 Å². The predicted octanol–water partition coefficient (Wildman–Crippen LogP) is 0.901. The molecule has 0 aromatic carbocycles. The summed E-state index contributed by atoms with van der Waals surface area (Å²) in [6, 6.07) is 0. The van der Waals surface area contributed by atoms with Crippen LogP contribution in [0.15, 0.2) is 0 Å². The molecule has 0 bridgehead atoms. The van der Waals surface area contributed by atoms with Gasteiger partial charge in [-0.15, -0.1) is 0 Å². The molecule has 0 aliphatic heterocycles. The third-order valence-corrected chi connectivity index (χ3v) is 0.526. The highest BCUT2D eigenvalue weighted by Gasteiger charge is 1.84. The predicted molar refractivity (Wildman–Crippen MR) is 27.1 cm³/mol. The first-order valence-electron chi connectivity index (χ1n) is 2.21. The molecule has 2 radical (unpaired) electrons. The van der Waals surface area contributed by atoms with Gasteiger partial charge in [0.25, 0.3) is 0 Å². The smallest absolute Gasteiger partial charge is 0.0407 e. The van der Waals surface area contributed by atoms with Gasteiger partial charge in [-0.3, -0.25) is 0 Å². The zero-order valence-corrected chi connectivity index (χ0v) is 4.36. The Balaban J connectivity index is 2.63. The molecule has 0 spiro atoms. The van der Waals surface area contributed by atoms with Gasteiger partial charge in [0.1, 0.15) is 0 Å². The fourth-order valence-corrected chi connectivity index (χ4v) is 0.236. The van der Waals surface area contributed by atoms with Crippen molar-refractivity contribution in [1.82, 2.24) is 5.32 Å². The molecule has 0 unspecified atom stereocenters. The lowest BCUT2D eigenvalue weighted by molar-refractivity contribution is 0.609. The van der Waals surface area contributed by atoms with Gasteiger partial charge in [-0.05, 0) is 12.5 Å². The number of rotatable bonds is 2. The second kappa shape index (κ2) is 3.16. The lowest BCUT2D eigenvalue weighted by Gasteiger charge is -1.97. The third-order valence-electron chi connectivity index (χ3n) is 0.526. The number of hydrogen-bond donors (Lipinski definition) is 1. The van der Waals surface area contributed by atoms with Gasteiger partial charge in [-0.2, -0.15) is 0 Å². The SMILES string of the molecule is [CH]NCC(C)C. The minimum Gasteiger partial charge on any atom is -0.311 e. The Kier molecular flexibility index (Phi) is 3.14. The van der Waals surface area contributed by atoms with Crippen LogP contribution in [0.4, 0.5) is 0 Å². The van der Waals surface area contributed by atoms with Crippen molar-refractivity contribution in [2.75, 3.05) is 6.54 Å². The van der Waals surface area contributed by atoms with Crippen LogP contribution in [0.2, 0.25) is 0 Å². The lowest BCUT2D eigenvalue weighted by Crippen LogP contribution is -2.10. The van der Waals surface area contributed by atoms with Crippen molar-refractivity contribution < 1.29 is 0 Å². The summed E-state index contributed by atoms with van der Waals surface area (Å²) in [4.78, 5) is 0. The zero-order chi connectivity index (χ0) is 4.99. The van der Waals surface area contributed by atoms with E-state index in [4.69, 9.17) is 7.05 Å². The highest BCUT2D eigenvalue weighted by atomic mass is 14.8. The summed E-state index contributed by atoms with van der Waals surface area (Å²) in [6.45, 7) is 5.12. The molecule has 0 rings (SSSR count). The molecule has 0 amide bonds. The molecular weight excluding hydrogens is 74.1 g/mol. The summed E-state index contributed by atoms with van der Waals surface area (Å²) < 4.78 is 0. The lowest BCUT2D eigenvalue weighted by atomic mass is 10.2. The highest BCUT2D eigenvalue weighted by Crippen LogP contribution is 1.84. The summed E-state index contributed by atoms with van der Waals surface area (Å²) >= 11 is 0. The van der Waals surface area contributed by atoms with E-state index in [1.54, 1.807) is 0 Å². The van der Waals surface area contributed by atoms with Crippen LogP contribution in [0.3, 0.4) is 0 Å². The van der Waals surface area contributed by atoms with E-state index in [9.17, 15) is 0 Å². The van der Waals surface area contributed by atoms with Gasteiger partial charge in [0, 0.05) is 7.05 Å². The summed E-state index contributed by atoms with van der Waals surface area (Å²) in [5.74, 6) is 0.662. The molecular formula is C5H11N. The van der Waals surface area contributed by atoms with Gasteiger partial charge in [0.2, 0.25) is 0 Å². The Hall–Kier alpha value is -0.0400. The summed E-state index contributed by atoms with van der Waals surface area (Å²) in [7, 11) is 4.98. The van der Waals surface area contributed by atoms with E-state index in [0.717, 1.165) is 6.54 Å². The summed E-state index contributed by atoms with van der Waals surface area (Å²) in [6.07, 6.45) is 0. The first-order chi connectivity index (χ1) is 2.77. The average Bonchev–Trinajstić information content (AvgIpc) is 1.35. The molecule has 0 aromatic rings. The van der Waals surface area contributed by atoms with Crippen molar-refractivity contribution in [3.05, 3.63) is 7.05 Å². The van der Waals surface area contributed by atoms with Crippen LogP contribution >= 0.6 is 0 Å². The van der Waals surface area contributed by atoms with Crippen molar-refractivity contribution in [2.45, 2.75) is 13.8 Å². The fraction of sp³-hybridized carbons (Fsp3) is 0.800. The maximum Gasteiger partial charge on any atom is 0.0407 e. The van der Waals surface area contributed by atoms with Crippen LogP contribution in [-0.4, -0.2) is 6.54 Å². The molecule has 0 saturated carbocycles. The van der Waals surface area contributed by atoms with E-state index >= 15 is 0 Å². The first kappa shape index (κ1) is 5.96. The van der Waals surface area contributed by atoms with Crippen molar-refractivity contribution in [3.8, 4) is 0 Å². The summed E-state index contributed by atoms with van der Waals surface area (Å²) in [5, 5.41) is 2.57. The third kappa shape index (κ3) is 3.96. The minimum absolute atomic E-state index is 0.662. The second-order valence-corrected chi connectivity index (χ2v) is 1.80. The highest BCUT2D eigenvalue weighted by molar-refractivity contribution is 4.45. The Bertz CT molecular complexity index is 25.1. The van der Waals surface area contributed by atoms with E-state index in [1.165, 1.54) is 0 Å². The Morgan fingerprint density at radius 3 is 2.17 bits per heavy atom. The molecule has 0 heterocycles. The molecule has 1 nitrogen and oxygen atoms in total. The molecule has 36 valence electrons. The van der Waals surface area contributed by atoms with Crippen LogP contribution in [0.25, 0.3) is 0 Å². The normalized spacial score (nSPS) is 10.0. The second-order valence-electron chi connectivity index (χ2n) is 1.80. The summed E-state index contributed by atoms with van der Waals surface area (Å²) in [5.41, 5.74) is 0. The van der Waals surface area contributed by atoms with Crippen LogP contribution in [0, 0.1) is 13.0 Å². The van der Waals surface area contributed by atoms with E-state index in [0.29, 0.717) is 5.92 Å². The van der Waals surface area contributed by atoms with Gasteiger partial charge in [0.05, 0.1) is 0 Å². The topological polar surface area (TPSA) is 12.0 Å². The molecule has 0 atom stereocenters. The zero-order valence-electron chi connectivity index (χ0n) is 4.36. The maximum absolute atomic E-state index is 4.98.